The van der Waals surface area contributed by atoms with Gasteiger partial charge in [0.25, 0.3) is 0 Å². The molecule has 2 aromatic heterocycles. The van der Waals surface area contributed by atoms with Gasteiger partial charge in [0.15, 0.2) is 0 Å². The average Bonchev–Trinajstić information content (AvgIpc) is 3.71. The SMILES string of the molecule is O=S(=O)(On1ncc(-c2ccccc2)n1)c1ccc(C=Cc2ccccc2)c(S(=O)(=O)On2ncc(-c3ccccc3)n2)c1. The van der Waals surface area contributed by atoms with E-state index in [2.05, 4.69) is 20.4 Å². The summed E-state index contributed by atoms with van der Waals surface area (Å²) in [5.74, 6) is 0. The van der Waals surface area contributed by atoms with Gasteiger partial charge < -0.3 is 0 Å². The van der Waals surface area contributed by atoms with Crippen molar-refractivity contribution in [3.05, 3.63) is 133 Å². The average molecular weight is 627 g/mol. The predicted octanol–water partition coefficient (Wildman–Crippen LogP) is 4.01. The van der Waals surface area contributed by atoms with E-state index in [9.17, 15) is 16.8 Å². The summed E-state index contributed by atoms with van der Waals surface area (Å²) in [6.45, 7) is 0. The zero-order chi connectivity index (χ0) is 30.6. The Morgan fingerprint density at radius 1 is 0.568 bits per heavy atom. The zero-order valence-electron chi connectivity index (χ0n) is 22.7. The molecule has 44 heavy (non-hydrogen) atoms. The number of rotatable bonds is 10. The van der Waals surface area contributed by atoms with Crippen molar-refractivity contribution in [1.82, 2.24) is 30.3 Å². The van der Waals surface area contributed by atoms with E-state index in [0.717, 1.165) is 11.6 Å². The van der Waals surface area contributed by atoms with Crippen LogP contribution in [-0.4, -0.2) is 47.1 Å². The zero-order valence-corrected chi connectivity index (χ0v) is 24.3. The molecule has 0 aliphatic carbocycles. The Hall–Kier alpha value is -5.60. The minimum atomic E-state index is -4.68. The predicted molar refractivity (Wildman–Crippen MR) is 160 cm³/mol. The van der Waals surface area contributed by atoms with Gasteiger partial charge in [0.2, 0.25) is 0 Å². The van der Waals surface area contributed by atoms with Crippen LogP contribution in [0.4, 0.5) is 0 Å². The van der Waals surface area contributed by atoms with E-state index in [1.807, 2.05) is 42.5 Å². The highest BCUT2D eigenvalue weighted by Crippen LogP contribution is 2.25. The van der Waals surface area contributed by atoms with E-state index in [4.69, 9.17) is 8.57 Å². The molecular formula is C30H22N6O6S2. The molecule has 0 fully saturated rings. The Kier molecular flexibility index (Phi) is 7.74. The van der Waals surface area contributed by atoms with Crippen molar-refractivity contribution in [2.24, 2.45) is 0 Å². The molecule has 0 bridgehead atoms. The van der Waals surface area contributed by atoms with Crippen LogP contribution < -0.4 is 8.57 Å². The highest BCUT2D eigenvalue weighted by molar-refractivity contribution is 7.87. The molecule has 220 valence electrons. The van der Waals surface area contributed by atoms with Crippen molar-refractivity contribution < 1.29 is 25.4 Å². The van der Waals surface area contributed by atoms with Crippen molar-refractivity contribution in [3.63, 3.8) is 0 Å². The van der Waals surface area contributed by atoms with Crippen LogP contribution in [0.5, 0.6) is 0 Å². The lowest BCUT2D eigenvalue weighted by Gasteiger charge is -2.10. The second-order valence-corrected chi connectivity index (χ2v) is 12.2. The van der Waals surface area contributed by atoms with Crippen molar-refractivity contribution in [3.8, 4) is 22.5 Å². The molecule has 0 aliphatic rings. The van der Waals surface area contributed by atoms with Gasteiger partial charge in [-0.2, -0.15) is 16.8 Å². The molecule has 6 rings (SSSR count). The fourth-order valence-corrected chi connectivity index (χ4v) is 6.01. The number of hydrogen-bond acceptors (Lipinski definition) is 10. The second-order valence-electron chi connectivity index (χ2n) is 9.20. The molecule has 4 aromatic carbocycles. The molecule has 0 amide bonds. The largest absolute Gasteiger partial charge is 0.360 e. The topological polar surface area (TPSA) is 148 Å². The first-order valence-electron chi connectivity index (χ1n) is 13.0. The van der Waals surface area contributed by atoms with Crippen LogP contribution in [0.1, 0.15) is 11.1 Å². The summed E-state index contributed by atoms with van der Waals surface area (Å²) in [7, 11) is -9.27. The van der Waals surface area contributed by atoms with Gasteiger partial charge in [0, 0.05) is 21.0 Å². The quantitative estimate of drug-likeness (QED) is 0.204. The van der Waals surface area contributed by atoms with E-state index in [1.165, 1.54) is 30.6 Å². The highest BCUT2D eigenvalue weighted by atomic mass is 32.2. The lowest BCUT2D eigenvalue weighted by molar-refractivity contribution is 0.199. The van der Waals surface area contributed by atoms with E-state index >= 15 is 0 Å². The van der Waals surface area contributed by atoms with Crippen LogP contribution in [0.3, 0.4) is 0 Å². The summed E-state index contributed by atoms with van der Waals surface area (Å²) in [5, 5.41) is 15.9. The van der Waals surface area contributed by atoms with Gasteiger partial charge in [-0.3, -0.25) is 0 Å². The Morgan fingerprint density at radius 2 is 1.07 bits per heavy atom. The maximum Gasteiger partial charge on any atom is 0.360 e. The van der Waals surface area contributed by atoms with Gasteiger partial charge in [-0.1, -0.05) is 109 Å². The molecule has 0 N–H and O–H groups in total. The summed E-state index contributed by atoms with van der Waals surface area (Å²) in [6, 6.07) is 30.6. The molecule has 0 spiro atoms. The molecule has 0 unspecified atom stereocenters. The van der Waals surface area contributed by atoms with Crippen molar-refractivity contribution in [2.45, 2.75) is 9.79 Å². The first kappa shape index (κ1) is 28.5. The van der Waals surface area contributed by atoms with E-state index in [1.54, 1.807) is 54.6 Å². The van der Waals surface area contributed by atoms with Crippen LogP contribution in [-0.2, 0) is 20.2 Å². The maximum atomic E-state index is 13.6. The Bertz CT molecular complexity index is 2150. The van der Waals surface area contributed by atoms with E-state index in [0.29, 0.717) is 32.4 Å². The van der Waals surface area contributed by atoms with Gasteiger partial charge in [-0.25, -0.2) is 8.57 Å². The summed E-state index contributed by atoms with van der Waals surface area (Å²) in [6.07, 6.45) is 5.89. The second kappa shape index (κ2) is 11.9. The molecule has 0 saturated heterocycles. The maximum absolute atomic E-state index is 13.6. The number of aromatic nitrogens is 6. The van der Waals surface area contributed by atoms with Crippen LogP contribution in [0.25, 0.3) is 34.7 Å². The standard InChI is InChI=1S/C30H22N6O6S2/c37-43(38,41-35-31-21-28(33-35)24-12-6-2-7-13-24)27-19-18-26(17-16-23-10-4-1-5-11-23)30(20-27)44(39,40)42-36-32-22-29(34-36)25-14-8-3-9-15-25/h1-22H. The van der Waals surface area contributed by atoms with Crippen LogP contribution >= 0.6 is 0 Å². The third-order valence-electron chi connectivity index (χ3n) is 6.21. The first-order chi connectivity index (χ1) is 21.3. The third-order valence-corrected chi connectivity index (χ3v) is 8.59. The smallest absolute Gasteiger partial charge is 0.247 e. The molecular weight excluding hydrogens is 605 g/mol. The lowest BCUT2D eigenvalue weighted by atomic mass is 10.1. The van der Waals surface area contributed by atoms with E-state index < -0.39 is 30.0 Å². The third kappa shape index (κ3) is 6.40. The van der Waals surface area contributed by atoms with Crippen LogP contribution in [0.15, 0.2) is 131 Å². The summed E-state index contributed by atoms with van der Waals surface area (Å²) >= 11 is 0. The Morgan fingerprint density at radius 3 is 1.61 bits per heavy atom. The molecule has 14 heteroatoms. The fourth-order valence-electron chi connectivity index (χ4n) is 4.08. The van der Waals surface area contributed by atoms with Crippen molar-refractivity contribution >= 4 is 32.4 Å². The van der Waals surface area contributed by atoms with Crippen LogP contribution in [0, 0.1) is 0 Å². The summed E-state index contributed by atoms with van der Waals surface area (Å²) in [4.78, 5) is 0.156. The molecule has 0 aliphatic heterocycles. The van der Waals surface area contributed by atoms with Crippen molar-refractivity contribution in [2.75, 3.05) is 0 Å². The fraction of sp³-hybridized carbons (Fsp3) is 0. The number of hydrogen-bond donors (Lipinski definition) is 0. The van der Waals surface area contributed by atoms with Crippen molar-refractivity contribution in [1.29, 1.82) is 0 Å². The van der Waals surface area contributed by atoms with Gasteiger partial charge in [-0.05, 0) is 23.3 Å². The first-order valence-corrected chi connectivity index (χ1v) is 15.8. The molecule has 6 aromatic rings. The van der Waals surface area contributed by atoms with Gasteiger partial charge in [-0.15, -0.1) is 20.4 Å². The lowest BCUT2D eigenvalue weighted by Crippen LogP contribution is -2.25. The van der Waals surface area contributed by atoms with E-state index in [-0.39, 0.29) is 5.56 Å². The van der Waals surface area contributed by atoms with Gasteiger partial charge in [0.05, 0.1) is 12.4 Å². The molecule has 0 atom stereocenters. The Labute approximate surface area is 252 Å². The number of nitrogens with zero attached hydrogens (tertiary/aromatic N) is 6. The number of benzene rings is 4. The summed E-state index contributed by atoms with van der Waals surface area (Å²) < 4.78 is 63.8. The van der Waals surface area contributed by atoms with Gasteiger partial charge in [0.1, 0.15) is 21.2 Å². The molecule has 12 nitrogen and oxygen atoms in total. The molecule has 0 saturated carbocycles. The minimum absolute atomic E-state index is 0.145. The molecule has 0 radical (unpaired) electrons. The van der Waals surface area contributed by atoms with Gasteiger partial charge >= 0.3 is 20.2 Å². The normalized spacial score (nSPS) is 11.9. The Balaban J connectivity index is 1.33. The monoisotopic (exact) mass is 626 g/mol. The highest BCUT2D eigenvalue weighted by Gasteiger charge is 2.27. The van der Waals surface area contributed by atoms with Crippen LogP contribution in [0.2, 0.25) is 0 Å². The molecule has 2 heterocycles. The summed E-state index contributed by atoms with van der Waals surface area (Å²) in [5.41, 5.74) is 3.07. The minimum Gasteiger partial charge on any atom is -0.247 e.